The fraction of sp³-hybridized carbons (Fsp3) is 0.107. The highest BCUT2D eigenvalue weighted by Gasteiger charge is 2.15. The van der Waals surface area contributed by atoms with E-state index >= 15 is 0 Å². The van der Waals surface area contributed by atoms with E-state index in [9.17, 15) is 4.79 Å². The minimum atomic E-state index is -0.258. The molecule has 2 aromatic heterocycles. The van der Waals surface area contributed by atoms with Gasteiger partial charge in [-0.3, -0.25) is 4.79 Å². The lowest BCUT2D eigenvalue weighted by molar-refractivity contribution is 0.0944. The topological polar surface area (TPSA) is 74.0 Å². The van der Waals surface area contributed by atoms with Crippen LogP contribution in [0, 0.1) is 6.92 Å². The molecular formula is C28H25N5O2. The SMILES string of the molecule is Cc1ccccc1OCn1ccc(C(=O)NCc2cn(-c3ccccc3)nc2-c2ccccc2)n1. The summed E-state index contributed by atoms with van der Waals surface area (Å²) in [5, 5.41) is 12.1. The van der Waals surface area contributed by atoms with Crippen LogP contribution in [-0.2, 0) is 13.3 Å². The van der Waals surface area contributed by atoms with Crippen molar-refractivity contribution in [3.05, 3.63) is 120 Å². The van der Waals surface area contributed by atoms with Crippen LogP contribution in [0.15, 0.2) is 103 Å². The number of nitrogens with zero attached hydrogens (tertiary/aromatic N) is 4. The lowest BCUT2D eigenvalue weighted by Gasteiger charge is -2.08. The lowest BCUT2D eigenvalue weighted by Crippen LogP contribution is -2.23. The van der Waals surface area contributed by atoms with Gasteiger partial charge in [0, 0.05) is 30.1 Å². The number of aryl methyl sites for hydroxylation is 1. The predicted molar refractivity (Wildman–Crippen MR) is 134 cm³/mol. The number of para-hydroxylation sites is 2. The Morgan fingerprint density at radius 3 is 2.37 bits per heavy atom. The highest BCUT2D eigenvalue weighted by atomic mass is 16.5. The van der Waals surface area contributed by atoms with Gasteiger partial charge in [0.25, 0.3) is 5.91 Å². The van der Waals surface area contributed by atoms with Crippen molar-refractivity contribution in [2.24, 2.45) is 0 Å². The van der Waals surface area contributed by atoms with Gasteiger partial charge in [-0.25, -0.2) is 9.36 Å². The Bertz CT molecular complexity index is 1420. The number of ether oxygens (including phenoxy) is 1. The van der Waals surface area contributed by atoms with Gasteiger partial charge in [-0.15, -0.1) is 0 Å². The summed E-state index contributed by atoms with van der Waals surface area (Å²) in [7, 11) is 0. The van der Waals surface area contributed by atoms with Crippen molar-refractivity contribution in [1.82, 2.24) is 24.9 Å². The number of carbonyl (C=O) groups excluding carboxylic acids is 1. The Kier molecular flexibility index (Phi) is 6.39. The summed E-state index contributed by atoms with van der Waals surface area (Å²) in [6.07, 6.45) is 3.68. The third-order valence-electron chi connectivity index (χ3n) is 5.62. The van der Waals surface area contributed by atoms with E-state index in [1.807, 2.05) is 103 Å². The maximum absolute atomic E-state index is 12.8. The number of carbonyl (C=O) groups is 1. The summed E-state index contributed by atoms with van der Waals surface area (Å²) < 4.78 is 9.25. The van der Waals surface area contributed by atoms with Gasteiger partial charge in [0.2, 0.25) is 0 Å². The molecule has 5 rings (SSSR count). The van der Waals surface area contributed by atoms with Gasteiger partial charge in [-0.2, -0.15) is 10.2 Å². The summed E-state index contributed by atoms with van der Waals surface area (Å²) in [6, 6.07) is 29.3. The van der Waals surface area contributed by atoms with Crippen LogP contribution < -0.4 is 10.1 Å². The Labute approximate surface area is 203 Å². The van der Waals surface area contributed by atoms with E-state index in [0.717, 1.165) is 33.8 Å². The van der Waals surface area contributed by atoms with Gasteiger partial charge in [-0.05, 0) is 36.8 Å². The second-order valence-electron chi connectivity index (χ2n) is 8.11. The van der Waals surface area contributed by atoms with E-state index < -0.39 is 0 Å². The van der Waals surface area contributed by atoms with Crippen LogP contribution in [0.2, 0.25) is 0 Å². The first kappa shape index (κ1) is 22.2. The van der Waals surface area contributed by atoms with Crippen molar-refractivity contribution >= 4 is 5.91 Å². The average molecular weight is 464 g/mol. The number of nitrogens with one attached hydrogen (secondary N) is 1. The molecule has 0 radical (unpaired) electrons. The molecular weight excluding hydrogens is 438 g/mol. The first-order chi connectivity index (χ1) is 17.2. The van der Waals surface area contributed by atoms with Crippen molar-refractivity contribution in [2.45, 2.75) is 20.2 Å². The van der Waals surface area contributed by atoms with E-state index in [1.54, 1.807) is 16.9 Å². The van der Waals surface area contributed by atoms with E-state index in [0.29, 0.717) is 12.2 Å². The second-order valence-corrected chi connectivity index (χ2v) is 8.11. The van der Waals surface area contributed by atoms with E-state index in [2.05, 4.69) is 10.4 Å². The molecule has 0 spiro atoms. The molecule has 174 valence electrons. The molecule has 1 amide bonds. The molecule has 0 aliphatic rings. The standard InChI is InChI=1S/C28H25N5O2/c1-21-10-8-9-15-26(21)35-20-32-17-16-25(30-32)28(34)29-18-23-19-33(24-13-6-3-7-14-24)31-27(23)22-11-4-2-5-12-22/h2-17,19H,18,20H2,1H3,(H,29,34). The lowest BCUT2D eigenvalue weighted by atomic mass is 10.1. The van der Waals surface area contributed by atoms with Crippen LogP contribution in [0.4, 0.5) is 0 Å². The number of benzene rings is 3. The Morgan fingerprint density at radius 2 is 1.60 bits per heavy atom. The largest absolute Gasteiger partial charge is 0.471 e. The molecule has 0 atom stereocenters. The van der Waals surface area contributed by atoms with Crippen LogP contribution in [0.3, 0.4) is 0 Å². The van der Waals surface area contributed by atoms with Gasteiger partial charge in [0.1, 0.15) is 11.4 Å². The van der Waals surface area contributed by atoms with Gasteiger partial charge in [-0.1, -0.05) is 66.7 Å². The van der Waals surface area contributed by atoms with E-state index in [-0.39, 0.29) is 12.6 Å². The third-order valence-corrected chi connectivity index (χ3v) is 5.62. The Balaban J connectivity index is 1.29. The van der Waals surface area contributed by atoms with E-state index in [1.165, 1.54) is 0 Å². The first-order valence-electron chi connectivity index (χ1n) is 11.4. The molecule has 0 fully saturated rings. The van der Waals surface area contributed by atoms with Crippen LogP contribution in [0.5, 0.6) is 5.75 Å². The van der Waals surface area contributed by atoms with Crippen LogP contribution in [0.1, 0.15) is 21.6 Å². The van der Waals surface area contributed by atoms with Crippen molar-refractivity contribution in [1.29, 1.82) is 0 Å². The van der Waals surface area contributed by atoms with E-state index in [4.69, 9.17) is 9.84 Å². The van der Waals surface area contributed by atoms with Crippen LogP contribution in [-0.4, -0.2) is 25.5 Å². The molecule has 3 aromatic carbocycles. The zero-order chi connectivity index (χ0) is 24.0. The number of rotatable bonds is 8. The molecule has 7 heteroatoms. The zero-order valence-electron chi connectivity index (χ0n) is 19.3. The molecule has 2 heterocycles. The molecule has 0 unspecified atom stereocenters. The fourth-order valence-electron chi connectivity index (χ4n) is 3.77. The molecule has 0 saturated heterocycles. The minimum Gasteiger partial charge on any atom is -0.471 e. The monoisotopic (exact) mass is 463 g/mol. The third kappa shape index (κ3) is 5.14. The Morgan fingerprint density at radius 1 is 0.886 bits per heavy atom. The summed E-state index contributed by atoms with van der Waals surface area (Å²) in [5.74, 6) is 0.531. The summed E-state index contributed by atoms with van der Waals surface area (Å²) in [5.41, 5.74) is 5.05. The minimum absolute atomic E-state index is 0.222. The smallest absolute Gasteiger partial charge is 0.272 e. The number of hydrogen-bond acceptors (Lipinski definition) is 4. The molecule has 35 heavy (non-hydrogen) atoms. The number of aromatic nitrogens is 4. The molecule has 1 N–H and O–H groups in total. The van der Waals surface area contributed by atoms with Gasteiger partial charge in [0.15, 0.2) is 6.73 Å². The number of hydrogen-bond donors (Lipinski definition) is 1. The maximum atomic E-state index is 12.8. The molecule has 0 aliphatic carbocycles. The molecule has 0 saturated carbocycles. The molecule has 0 bridgehead atoms. The Hall–Kier alpha value is -4.65. The van der Waals surface area contributed by atoms with Crippen molar-refractivity contribution < 1.29 is 9.53 Å². The van der Waals surface area contributed by atoms with Crippen LogP contribution in [0.25, 0.3) is 16.9 Å². The van der Waals surface area contributed by atoms with Crippen molar-refractivity contribution in [2.75, 3.05) is 0 Å². The van der Waals surface area contributed by atoms with Gasteiger partial charge in [0.05, 0.1) is 11.4 Å². The normalized spacial score (nSPS) is 10.8. The highest BCUT2D eigenvalue weighted by Crippen LogP contribution is 2.23. The summed E-state index contributed by atoms with van der Waals surface area (Å²) >= 11 is 0. The van der Waals surface area contributed by atoms with Gasteiger partial charge >= 0.3 is 0 Å². The summed E-state index contributed by atoms with van der Waals surface area (Å²) in [4.78, 5) is 12.8. The molecule has 7 nitrogen and oxygen atoms in total. The first-order valence-corrected chi connectivity index (χ1v) is 11.4. The fourth-order valence-corrected chi connectivity index (χ4v) is 3.77. The highest BCUT2D eigenvalue weighted by molar-refractivity contribution is 5.92. The number of amides is 1. The average Bonchev–Trinajstić information content (AvgIpc) is 3.56. The van der Waals surface area contributed by atoms with Crippen molar-refractivity contribution in [3.8, 4) is 22.7 Å². The quantitative estimate of drug-likeness (QED) is 0.351. The van der Waals surface area contributed by atoms with Gasteiger partial charge < -0.3 is 10.1 Å². The van der Waals surface area contributed by atoms with Crippen LogP contribution >= 0.6 is 0 Å². The second kappa shape index (κ2) is 10.1. The van der Waals surface area contributed by atoms with Crippen molar-refractivity contribution in [3.63, 3.8) is 0 Å². The predicted octanol–water partition coefficient (Wildman–Crippen LogP) is 5.01. The molecule has 5 aromatic rings. The maximum Gasteiger partial charge on any atom is 0.272 e. The molecule has 0 aliphatic heterocycles. The summed E-state index contributed by atoms with van der Waals surface area (Å²) in [6.45, 7) is 2.53. The zero-order valence-corrected chi connectivity index (χ0v) is 19.3.